The van der Waals surface area contributed by atoms with E-state index in [0.717, 1.165) is 5.56 Å². The lowest BCUT2D eigenvalue weighted by atomic mass is 10.2. The summed E-state index contributed by atoms with van der Waals surface area (Å²) >= 11 is 0. The Balaban J connectivity index is 2.30. The third-order valence-corrected chi connectivity index (χ3v) is 1.97. The van der Waals surface area contributed by atoms with Crippen LogP contribution in [0.25, 0.3) is 0 Å². The average molecular weight is 231 g/mol. The van der Waals surface area contributed by atoms with Crippen LogP contribution in [0, 0.1) is 6.92 Å². The molecule has 2 rings (SSSR count). The molecule has 0 amide bonds. The van der Waals surface area contributed by atoms with Crippen molar-refractivity contribution in [1.82, 2.24) is 15.0 Å². The maximum absolute atomic E-state index is 10.9. The molecule has 0 saturated heterocycles. The second-order valence-corrected chi connectivity index (χ2v) is 3.32. The zero-order chi connectivity index (χ0) is 12.3. The Morgan fingerprint density at radius 1 is 1.29 bits per heavy atom. The Morgan fingerprint density at radius 3 is 2.65 bits per heavy atom. The largest absolute Gasteiger partial charge is 0.478 e. The third-order valence-electron chi connectivity index (χ3n) is 1.97. The normalized spacial score (nSPS) is 9.94. The van der Waals surface area contributed by atoms with Gasteiger partial charge in [-0.2, -0.15) is 0 Å². The standard InChI is InChI=1S/C11H9N3O3/c1-7-4-13-11(14-5-7)17-9-6-12-3-2-8(9)10(15)16/h2-6H,1H3,(H,15,16). The zero-order valence-corrected chi connectivity index (χ0v) is 8.99. The number of carboxylic acid groups (broad SMARTS) is 1. The molecular formula is C11H9N3O3. The summed E-state index contributed by atoms with van der Waals surface area (Å²) in [6.45, 7) is 1.84. The van der Waals surface area contributed by atoms with Gasteiger partial charge in [0.25, 0.3) is 0 Å². The molecule has 0 aliphatic carbocycles. The van der Waals surface area contributed by atoms with E-state index in [-0.39, 0.29) is 17.3 Å². The number of hydrogen-bond acceptors (Lipinski definition) is 5. The molecule has 17 heavy (non-hydrogen) atoms. The maximum atomic E-state index is 10.9. The topological polar surface area (TPSA) is 85.2 Å². The van der Waals surface area contributed by atoms with Crippen LogP contribution >= 0.6 is 0 Å². The predicted octanol–water partition coefficient (Wildman–Crippen LogP) is 1.67. The van der Waals surface area contributed by atoms with Crippen LogP contribution in [0.3, 0.4) is 0 Å². The van der Waals surface area contributed by atoms with Crippen LogP contribution in [0.4, 0.5) is 0 Å². The number of pyridine rings is 1. The van der Waals surface area contributed by atoms with E-state index in [9.17, 15) is 4.79 Å². The fourth-order valence-corrected chi connectivity index (χ4v) is 1.17. The van der Waals surface area contributed by atoms with Gasteiger partial charge in [-0.05, 0) is 18.6 Å². The van der Waals surface area contributed by atoms with Crippen LogP contribution in [0.5, 0.6) is 11.8 Å². The minimum Gasteiger partial charge on any atom is -0.478 e. The molecule has 2 aromatic heterocycles. The Morgan fingerprint density at radius 2 is 2.00 bits per heavy atom. The molecule has 0 radical (unpaired) electrons. The van der Waals surface area contributed by atoms with Crippen molar-refractivity contribution in [2.24, 2.45) is 0 Å². The number of carboxylic acids is 1. The molecular weight excluding hydrogens is 222 g/mol. The summed E-state index contributed by atoms with van der Waals surface area (Å²) in [6, 6.07) is 1.44. The van der Waals surface area contributed by atoms with Gasteiger partial charge in [0, 0.05) is 18.6 Å². The van der Waals surface area contributed by atoms with Crippen LogP contribution in [-0.2, 0) is 0 Å². The summed E-state index contributed by atoms with van der Waals surface area (Å²) in [6.07, 6.45) is 5.86. The fourth-order valence-electron chi connectivity index (χ4n) is 1.17. The first-order chi connectivity index (χ1) is 8.16. The molecule has 86 valence electrons. The smallest absolute Gasteiger partial charge is 0.339 e. The van der Waals surface area contributed by atoms with Gasteiger partial charge < -0.3 is 9.84 Å². The molecule has 0 atom stereocenters. The van der Waals surface area contributed by atoms with Crippen LogP contribution in [0.15, 0.2) is 30.9 Å². The van der Waals surface area contributed by atoms with Crippen LogP contribution in [-0.4, -0.2) is 26.0 Å². The highest BCUT2D eigenvalue weighted by atomic mass is 16.5. The average Bonchev–Trinajstić information content (AvgIpc) is 2.32. The molecule has 0 fully saturated rings. The second-order valence-electron chi connectivity index (χ2n) is 3.32. The molecule has 0 saturated carbocycles. The first-order valence-corrected chi connectivity index (χ1v) is 4.80. The summed E-state index contributed by atoms with van der Waals surface area (Å²) in [5.74, 6) is -0.974. The molecule has 0 unspecified atom stereocenters. The lowest BCUT2D eigenvalue weighted by Gasteiger charge is -2.05. The zero-order valence-electron chi connectivity index (χ0n) is 8.99. The van der Waals surface area contributed by atoms with Gasteiger partial charge in [0.15, 0.2) is 5.75 Å². The van der Waals surface area contributed by atoms with Gasteiger partial charge in [-0.1, -0.05) is 0 Å². The molecule has 6 nitrogen and oxygen atoms in total. The highest BCUT2D eigenvalue weighted by Gasteiger charge is 2.12. The molecule has 0 spiro atoms. The predicted molar refractivity (Wildman–Crippen MR) is 58.0 cm³/mol. The van der Waals surface area contributed by atoms with E-state index < -0.39 is 5.97 Å². The fraction of sp³-hybridized carbons (Fsp3) is 0.0909. The van der Waals surface area contributed by atoms with Gasteiger partial charge in [-0.25, -0.2) is 14.8 Å². The Labute approximate surface area is 96.9 Å². The summed E-state index contributed by atoms with van der Waals surface area (Å²) in [4.78, 5) is 22.6. The lowest BCUT2D eigenvalue weighted by Crippen LogP contribution is -2.01. The van der Waals surface area contributed by atoms with Crippen molar-refractivity contribution in [2.75, 3.05) is 0 Å². The summed E-state index contributed by atoms with van der Waals surface area (Å²) in [7, 11) is 0. The number of aromatic carboxylic acids is 1. The Bertz CT molecular complexity index is 540. The summed E-state index contributed by atoms with van der Waals surface area (Å²) < 4.78 is 5.26. The molecule has 2 heterocycles. The van der Waals surface area contributed by atoms with Crippen molar-refractivity contribution < 1.29 is 14.6 Å². The van der Waals surface area contributed by atoms with Gasteiger partial charge in [-0.15, -0.1) is 0 Å². The summed E-state index contributed by atoms with van der Waals surface area (Å²) in [5.41, 5.74) is 0.908. The third kappa shape index (κ3) is 2.54. The van der Waals surface area contributed by atoms with E-state index in [4.69, 9.17) is 9.84 Å². The number of aryl methyl sites for hydroxylation is 1. The number of carbonyl (C=O) groups is 1. The number of hydrogen-bond donors (Lipinski definition) is 1. The minimum atomic E-state index is -1.09. The first kappa shape index (κ1) is 11.0. The molecule has 2 aromatic rings. The quantitative estimate of drug-likeness (QED) is 0.864. The van der Waals surface area contributed by atoms with E-state index >= 15 is 0 Å². The van der Waals surface area contributed by atoms with Crippen molar-refractivity contribution in [3.05, 3.63) is 42.0 Å². The number of nitrogens with zero attached hydrogens (tertiary/aromatic N) is 3. The van der Waals surface area contributed by atoms with E-state index in [2.05, 4.69) is 15.0 Å². The van der Waals surface area contributed by atoms with Crippen molar-refractivity contribution in [1.29, 1.82) is 0 Å². The second kappa shape index (κ2) is 4.56. The van der Waals surface area contributed by atoms with E-state index in [1.54, 1.807) is 12.4 Å². The molecule has 1 N–H and O–H groups in total. The van der Waals surface area contributed by atoms with Crippen molar-refractivity contribution in [2.45, 2.75) is 6.92 Å². The van der Waals surface area contributed by atoms with E-state index in [1.165, 1.54) is 18.5 Å². The van der Waals surface area contributed by atoms with Gasteiger partial charge in [0.05, 0.1) is 6.20 Å². The number of aromatic nitrogens is 3. The van der Waals surface area contributed by atoms with Gasteiger partial charge in [0.1, 0.15) is 5.56 Å². The number of rotatable bonds is 3. The van der Waals surface area contributed by atoms with Gasteiger partial charge >= 0.3 is 12.0 Å². The molecule has 0 bridgehead atoms. The monoisotopic (exact) mass is 231 g/mol. The minimum absolute atomic E-state index is 0.0178. The maximum Gasteiger partial charge on any atom is 0.339 e. The molecule has 6 heteroatoms. The van der Waals surface area contributed by atoms with Crippen LogP contribution in [0.2, 0.25) is 0 Å². The van der Waals surface area contributed by atoms with Gasteiger partial charge in [0.2, 0.25) is 0 Å². The van der Waals surface area contributed by atoms with Crippen molar-refractivity contribution in [3.63, 3.8) is 0 Å². The van der Waals surface area contributed by atoms with E-state index in [1.807, 2.05) is 6.92 Å². The molecule has 0 aliphatic heterocycles. The van der Waals surface area contributed by atoms with Crippen molar-refractivity contribution >= 4 is 5.97 Å². The number of ether oxygens (including phenoxy) is 1. The van der Waals surface area contributed by atoms with Gasteiger partial charge in [-0.3, -0.25) is 4.98 Å². The molecule has 0 aliphatic rings. The van der Waals surface area contributed by atoms with Crippen LogP contribution in [0.1, 0.15) is 15.9 Å². The van der Waals surface area contributed by atoms with E-state index in [0.29, 0.717) is 0 Å². The first-order valence-electron chi connectivity index (χ1n) is 4.80. The highest BCUT2D eigenvalue weighted by molar-refractivity contribution is 5.90. The highest BCUT2D eigenvalue weighted by Crippen LogP contribution is 2.21. The SMILES string of the molecule is Cc1cnc(Oc2cnccc2C(=O)O)nc1. The summed E-state index contributed by atoms with van der Waals surface area (Å²) in [5, 5.41) is 8.94. The van der Waals surface area contributed by atoms with Crippen molar-refractivity contribution in [3.8, 4) is 11.8 Å². The lowest BCUT2D eigenvalue weighted by molar-refractivity contribution is 0.0694. The van der Waals surface area contributed by atoms with Crippen LogP contribution < -0.4 is 4.74 Å². The Kier molecular flexibility index (Phi) is 2.95. The Hall–Kier alpha value is -2.50. The molecule has 0 aromatic carbocycles.